The van der Waals surface area contributed by atoms with Crippen LogP contribution < -0.4 is 16.4 Å². The first-order valence-electron chi connectivity index (χ1n) is 10.2. The van der Waals surface area contributed by atoms with E-state index in [9.17, 15) is 0 Å². The Morgan fingerprint density at radius 2 is 2.00 bits per heavy atom. The topological polar surface area (TPSA) is 69.1 Å². The normalized spacial score (nSPS) is 10.6. The Morgan fingerprint density at radius 3 is 2.62 bits per heavy atom. The second-order valence-corrected chi connectivity index (χ2v) is 6.49. The van der Waals surface area contributed by atoms with E-state index in [2.05, 4.69) is 77.7 Å². The lowest BCUT2D eigenvalue weighted by atomic mass is 10.1. The van der Waals surface area contributed by atoms with Gasteiger partial charge in [-0.05, 0) is 49.6 Å². The number of aryl methyl sites for hydroxylation is 1. The molecule has 2 aromatic rings. The fourth-order valence-corrected chi connectivity index (χ4v) is 2.96. The molecule has 29 heavy (non-hydrogen) atoms. The molecule has 1 aromatic heterocycles. The molecule has 5 N–H and O–H groups in total. The van der Waals surface area contributed by atoms with Crippen LogP contribution in [0.2, 0.25) is 0 Å². The van der Waals surface area contributed by atoms with Crippen LogP contribution in [-0.2, 0) is 6.54 Å². The van der Waals surface area contributed by atoms with Crippen molar-refractivity contribution in [2.75, 3.05) is 20.1 Å². The van der Waals surface area contributed by atoms with E-state index < -0.39 is 0 Å². The predicted octanol–water partition coefficient (Wildman–Crippen LogP) is 4.09. The van der Waals surface area contributed by atoms with Crippen LogP contribution in [0.15, 0.2) is 49.4 Å². The fraction of sp³-hybridized carbons (Fsp3) is 0.417. The molecule has 160 valence electrons. The molecule has 0 amide bonds. The minimum Gasteiger partial charge on any atom is -0.391 e. The number of aromatic amines is 1. The van der Waals surface area contributed by atoms with Crippen LogP contribution in [0.5, 0.6) is 0 Å². The van der Waals surface area contributed by atoms with Gasteiger partial charge in [0, 0.05) is 37.4 Å². The lowest BCUT2D eigenvalue weighted by Gasteiger charge is -2.31. The van der Waals surface area contributed by atoms with Gasteiger partial charge >= 0.3 is 0 Å². The fourth-order valence-electron chi connectivity index (χ4n) is 2.96. The summed E-state index contributed by atoms with van der Waals surface area (Å²) in [6.07, 6.45) is 11.8. The SMILES string of the molecule is C#C.C=CNCCCC(CN)N(C)C(=C)NCc1cc2cc(C)ccc2[nH]1.CC. The Kier molecular flexibility index (Phi) is 13.6. The maximum absolute atomic E-state index is 5.94. The molecule has 0 radical (unpaired) electrons. The van der Waals surface area contributed by atoms with Crippen molar-refractivity contribution in [1.29, 1.82) is 0 Å². The minimum atomic E-state index is 0.275. The number of terminal acetylenes is 1. The first-order chi connectivity index (χ1) is 14.0. The molecule has 5 nitrogen and oxygen atoms in total. The minimum absolute atomic E-state index is 0.275. The number of fused-ring (bicyclic) bond motifs is 1. The smallest absolute Gasteiger partial charge is 0.0942 e. The number of H-pyrrole nitrogens is 1. The number of likely N-dealkylation sites (N-methyl/N-ethyl adjacent to an activating group) is 1. The predicted molar refractivity (Wildman–Crippen MR) is 128 cm³/mol. The van der Waals surface area contributed by atoms with Crippen molar-refractivity contribution in [1.82, 2.24) is 20.5 Å². The van der Waals surface area contributed by atoms with Crippen LogP contribution in [0.3, 0.4) is 0 Å². The lowest BCUT2D eigenvalue weighted by molar-refractivity contribution is 0.271. The molecule has 1 heterocycles. The standard InChI is InChI=1S/C20H31N5.C2H6.C2H2/c1-5-22-10-6-7-19(13-21)25(4)16(3)23-14-18-12-17-11-15(2)8-9-20(17)24-18;2*1-2/h5,8-9,11-12,19,22-24H,1,3,6-7,10,13-14,21H2,2,4H3;1-2H3;1-2H. The Balaban J connectivity index is 0.00000184. The summed E-state index contributed by atoms with van der Waals surface area (Å²) in [4.78, 5) is 5.58. The van der Waals surface area contributed by atoms with E-state index in [1.54, 1.807) is 6.20 Å². The van der Waals surface area contributed by atoms with Crippen molar-refractivity contribution in [3.63, 3.8) is 0 Å². The molecule has 0 saturated heterocycles. The van der Waals surface area contributed by atoms with Gasteiger partial charge in [-0.3, -0.25) is 0 Å². The van der Waals surface area contributed by atoms with Crippen molar-refractivity contribution in [3.8, 4) is 12.8 Å². The molecule has 0 saturated carbocycles. The number of rotatable bonds is 11. The van der Waals surface area contributed by atoms with Gasteiger partial charge in [0.05, 0.1) is 12.4 Å². The van der Waals surface area contributed by atoms with Crippen LogP contribution in [-0.4, -0.2) is 36.1 Å². The van der Waals surface area contributed by atoms with Gasteiger partial charge in [0.2, 0.25) is 0 Å². The highest BCUT2D eigenvalue weighted by Gasteiger charge is 2.14. The van der Waals surface area contributed by atoms with Crippen LogP contribution in [0.1, 0.15) is 37.9 Å². The Bertz CT molecular complexity index is 744. The van der Waals surface area contributed by atoms with Gasteiger partial charge in [-0.15, -0.1) is 12.8 Å². The quantitative estimate of drug-likeness (QED) is 0.341. The summed E-state index contributed by atoms with van der Waals surface area (Å²) in [5.74, 6) is 0.891. The maximum atomic E-state index is 5.94. The van der Waals surface area contributed by atoms with Crippen molar-refractivity contribution in [2.24, 2.45) is 5.73 Å². The number of nitrogens with two attached hydrogens (primary N) is 1. The molecular weight excluding hydrogens is 358 g/mol. The molecule has 0 aliphatic carbocycles. The average Bonchev–Trinajstić information content (AvgIpc) is 3.16. The summed E-state index contributed by atoms with van der Waals surface area (Å²) >= 11 is 0. The number of aromatic nitrogens is 1. The monoisotopic (exact) mass is 397 g/mol. The van der Waals surface area contributed by atoms with Gasteiger partial charge in [-0.1, -0.05) is 38.6 Å². The summed E-state index contributed by atoms with van der Waals surface area (Å²) in [7, 11) is 2.04. The summed E-state index contributed by atoms with van der Waals surface area (Å²) in [6.45, 7) is 16.2. The van der Waals surface area contributed by atoms with Crippen LogP contribution in [0.25, 0.3) is 10.9 Å². The zero-order chi connectivity index (χ0) is 22.2. The maximum Gasteiger partial charge on any atom is 0.0942 e. The van der Waals surface area contributed by atoms with Crippen LogP contribution in [0.4, 0.5) is 0 Å². The van der Waals surface area contributed by atoms with E-state index in [-0.39, 0.29) is 6.04 Å². The molecule has 0 aliphatic rings. The Morgan fingerprint density at radius 1 is 1.31 bits per heavy atom. The molecule has 2 rings (SSSR count). The van der Waals surface area contributed by atoms with Gasteiger partial charge in [0.25, 0.3) is 0 Å². The Labute approximate surface area is 177 Å². The van der Waals surface area contributed by atoms with E-state index in [1.807, 2.05) is 20.9 Å². The molecule has 0 fully saturated rings. The van der Waals surface area contributed by atoms with Crippen molar-refractivity contribution < 1.29 is 0 Å². The van der Waals surface area contributed by atoms with E-state index in [0.29, 0.717) is 13.1 Å². The van der Waals surface area contributed by atoms with Crippen LogP contribution in [0, 0.1) is 19.8 Å². The average molecular weight is 398 g/mol. The third-order valence-corrected chi connectivity index (χ3v) is 4.56. The highest BCUT2D eigenvalue weighted by molar-refractivity contribution is 5.81. The molecular formula is C24H39N5. The zero-order valence-electron chi connectivity index (χ0n) is 18.6. The zero-order valence-corrected chi connectivity index (χ0v) is 18.6. The summed E-state index contributed by atoms with van der Waals surface area (Å²) in [6, 6.07) is 8.89. The van der Waals surface area contributed by atoms with E-state index in [1.165, 1.54) is 10.9 Å². The summed E-state index contributed by atoms with van der Waals surface area (Å²) in [5, 5.41) is 7.77. The summed E-state index contributed by atoms with van der Waals surface area (Å²) in [5.41, 5.74) is 9.52. The first-order valence-corrected chi connectivity index (χ1v) is 10.2. The highest BCUT2D eigenvalue weighted by Crippen LogP contribution is 2.17. The molecule has 5 heteroatoms. The first kappa shape index (κ1) is 26.2. The van der Waals surface area contributed by atoms with Gasteiger partial charge in [0.1, 0.15) is 0 Å². The van der Waals surface area contributed by atoms with E-state index in [0.717, 1.165) is 36.4 Å². The molecule has 0 aliphatic heterocycles. The van der Waals surface area contributed by atoms with Gasteiger partial charge in [-0.25, -0.2) is 0 Å². The Hall–Kier alpha value is -2.84. The van der Waals surface area contributed by atoms with Gasteiger partial charge in [0.15, 0.2) is 0 Å². The second kappa shape index (κ2) is 15.1. The van der Waals surface area contributed by atoms with Crippen LogP contribution >= 0.6 is 0 Å². The van der Waals surface area contributed by atoms with Gasteiger partial charge in [-0.2, -0.15) is 0 Å². The van der Waals surface area contributed by atoms with E-state index in [4.69, 9.17) is 5.73 Å². The second-order valence-electron chi connectivity index (χ2n) is 6.49. The van der Waals surface area contributed by atoms with Gasteiger partial charge < -0.3 is 26.3 Å². The van der Waals surface area contributed by atoms with Crippen molar-refractivity contribution >= 4 is 10.9 Å². The number of hydrogen-bond acceptors (Lipinski definition) is 4. The number of benzene rings is 1. The van der Waals surface area contributed by atoms with E-state index >= 15 is 0 Å². The molecule has 1 atom stereocenters. The third kappa shape index (κ3) is 8.80. The largest absolute Gasteiger partial charge is 0.391 e. The summed E-state index contributed by atoms with van der Waals surface area (Å²) < 4.78 is 0. The number of hydrogen-bond donors (Lipinski definition) is 4. The molecule has 1 unspecified atom stereocenters. The van der Waals surface area contributed by atoms with Crippen molar-refractivity contribution in [3.05, 3.63) is 60.7 Å². The molecule has 0 bridgehead atoms. The third-order valence-electron chi connectivity index (χ3n) is 4.56. The molecule has 0 spiro atoms. The highest BCUT2D eigenvalue weighted by atomic mass is 15.2. The number of nitrogens with zero attached hydrogens (tertiary/aromatic N) is 1. The molecule has 1 aromatic carbocycles. The van der Waals surface area contributed by atoms with Crippen molar-refractivity contribution in [2.45, 2.75) is 46.2 Å². The number of nitrogens with one attached hydrogen (secondary N) is 3. The lowest BCUT2D eigenvalue weighted by Crippen LogP contribution is -2.41.